The molecule has 0 spiro atoms. The molecule has 1 aromatic rings. The molecule has 0 amide bonds. The van der Waals surface area contributed by atoms with Crippen LogP contribution in [0, 0.1) is 19.3 Å². The second kappa shape index (κ2) is 10.0. The van der Waals surface area contributed by atoms with Crippen LogP contribution in [0.1, 0.15) is 63.5 Å². The molecule has 0 radical (unpaired) electrons. The van der Waals surface area contributed by atoms with Crippen LogP contribution >= 0.6 is 11.6 Å². The first-order valence-corrected chi connectivity index (χ1v) is 10.6. The Bertz CT molecular complexity index is 667. The van der Waals surface area contributed by atoms with Crippen LogP contribution in [0.25, 0.3) is 0 Å². The lowest BCUT2D eigenvalue weighted by Gasteiger charge is -2.35. The molecule has 0 aliphatic carbocycles. The van der Waals surface area contributed by atoms with E-state index >= 15 is 0 Å². The summed E-state index contributed by atoms with van der Waals surface area (Å²) in [7, 11) is 1.95. The zero-order valence-electron chi connectivity index (χ0n) is 17.5. The second-order valence-corrected chi connectivity index (χ2v) is 7.95. The van der Waals surface area contributed by atoms with Gasteiger partial charge in [0, 0.05) is 25.2 Å². The van der Waals surface area contributed by atoms with E-state index in [4.69, 9.17) is 17.0 Å². The molecule has 0 saturated carbocycles. The summed E-state index contributed by atoms with van der Waals surface area (Å²) in [5.74, 6) is 1.55. The van der Waals surface area contributed by atoms with E-state index in [9.17, 15) is 0 Å². The number of benzene rings is 1. The van der Waals surface area contributed by atoms with E-state index in [0.29, 0.717) is 11.9 Å². The van der Waals surface area contributed by atoms with Crippen molar-refractivity contribution < 1.29 is 0 Å². The van der Waals surface area contributed by atoms with Crippen molar-refractivity contribution in [3.63, 3.8) is 0 Å². The van der Waals surface area contributed by atoms with E-state index in [2.05, 4.69) is 49.3 Å². The molecule has 0 aromatic heterocycles. The van der Waals surface area contributed by atoms with E-state index in [1.54, 1.807) is 0 Å². The third-order valence-corrected chi connectivity index (χ3v) is 5.50. The number of nitrogens with one attached hydrogen (secondary N) is 3. The molecule has 1 heterocycles. The Morgan fingerprint density at radius 1 is 1.22 bits per heavy atom. The van der Waals surface area contributed by atoms with Gasteiger partial charge in [0.2, 0.25) is 0 Å². The number of hydrogen-bond acceptors (Lipinski definition) is 3. The highest BCUT2D eigenvalue weighted by Crippen LogP contribution is 2.34. The quantitative estimate of drug-likeness (QED) is 0.547. The van der Waals surface area contributed by atoms with Crippen LogP contribution in [0.4, 0.5) is 5.69 Å². The average Bonchev–Trinajstić information content (AvgIpc) is 2.61. The maximum atomic E-state index is 8.90. The first-order valence-electron chi connectivity index (χ1n) is 10.2. The number of amidine groups is 1. The number of piperidine rings is 1. The van der Waals surface area contributed by atoms with Crippen LogP contribution in [-0.2, 0) is 0 Å². The van der Waals surface area contributed by atoms with E-state index in [1.165, 1.54) is 0 Å². The summed E-state index contributed by atoms with van der Waals surface area (Å²) in [6.45, 7) is 9.41. The zero-order chi connectivity index (χ0) is 20.0. The Labute approximate surface area is 169 Å². The summed E-state index contributed by atoms with van der Waals surface area (Å²) >= 11 is 6.58. The maximum Gasteiger partial charge on any atom is 0.132 e. The van der Waals surface area contributed by atoms with Crippen molar-refractivity contribution in [3.8, 4) is 0 Å². The fourth-order valence-corrected chi connectivity index (χ4v) is 4.45. The summed E-state index contributed by atoms with van der Waals surface area (Å²) in [5, 5.41) is 16.6. The summed E-state index contributed by atoms with van der Waals surface area (Å²) in [6, 6.07) is 4.58. The molecule has 150 valence electrons. The molecule has 5 heteroatoms. The van der Waals surface area contributed by atoms with Crippen molar-refractivity contribution in [2.75, 3.05) is 18.5 Å². The molecule has 0 atom stereocenters. The van der Waals surface area contributed by atoms with E-state index < -0.39 is 0 Å². The molecule has 1 aliphatic rings. The van der Waals surface area contributed by atoms with Gasteiger partial charge in [-0.05, 0) is 56.7 Å². The standard InChI is InChI=1S/C22H35ClN4/c1-6-9-17(10-7-2)26-22(25-5)18-11-8-12-27(21(18)24)20-16(4)13-15(3)14-19(20)23/h13-14,17,24-26H,6-12H2,1-5H3/b22-18+,24-21?. The molecule has 1 aliphatic heterocycles. The maximum absolute atomic E-state index is 8.90. The number of aryl methyl sites for hydroxylation is 2. The Morgan fingerprint density at radius 3 is 2.44 bits per heavy atom. The topological polar surface area (TPSA) is 51.1 Å². The third kappa shape index (κ3) is 5.19. The van der Waals surface area contributed by atoms with Gasteiger partial charge in [-0.1, -0.05) is 44.4 Å². The molecule has 3 N–H and O–H groups in total. The van der Waals surface area contributed by atoms with Crippen molar-refractivity contribution in [2.45, 2.75) is 72.3 Å². The van der Waals surface area contributed by atoms with Crippen molar-refractivity contribution in [1.82, 2.24) is 10.6 Å². The van der Waals surface area contributed by atoms with Crippen LogP contribution < -0.4 is 15.5 Å². The summed E-state index contributed by atoms with van der Waals surface area (Å²) in [4.78, 5) is 2.07. The van der Waals surface area contributed by atoms with Gasteiger partial charge in [-0.2, -0.15) is 0 Å². The Morgan fingerprint density at radius 2 is 1.89 bits per heavy atom. The number of anilines is 1. The predicted octanol–water partition coefficient (Wildman–Crippen LogP) is 5.52. The van der Waals surface area contributed by atoms with Crippen molar-refractivity contribution >= 4 is 23.1 Å². The number of rotatable bonds is 8. The normalized spacial score (nSPS) is 16.7. The Kier molecular flexibility index (Phi) is 8.03. The van der Waals surface area contributed by atoms with Crippen LogP contribution in [-0.4, -0.2) is 25.5 Å². The molecule has 1 fully saturated rings. The fourth-order valence-electron chi connectivity index (χ4n) is 4.02. The molecule has 0 bridgehead atoms. The lowest BCUT2D eigenvalue weighted by atomic mass is 9.99. The number of nitrogens with zero attached hydrogens (tertiary/aromatic N) is 1. The fraction of sp³-hybridized carbons (Fsp3) is 0.591. The summed E-state index contributed by atoms with van der Waals surface area (Å²) in [5.41, 5.74) is 4.30. The highest BCUT2D eigenvalue weighted by Gasteiger charge is 2.27. The molecule has 1 saturated heterocycles. The van der Waals surface area contributed by atoms with Crippen LogP contribution in [0.5, 0.6) is 0 Å². The van der Waals surface area contributed by atoms with Gasteiger partial charge >= 0.3 is 0 Å². The van der Waals surface area contributed by atoms with E-state index in [0.717, 1.165) is 78.3 Å². The third-order valence-electron chi connectivity index (χ3n) is 5.21. The van der Waals surface area contributed by atoms with Gasteiger partial charge < -0.3 is 15.5 Å². The van der Waals surface area contributed by atoms with Gasteiger partial charge in [0.15, 0.2) is 0 Å². The first kappa shape index (κ1) is 21.6. The van der Waals surface area contributed by atoms with Crippen LogP contribution in [0.2, 0.25) is 5.02 Å². The molecular formula is C22H35ClN4. The average molecular weight is 391 g/mol. The predicted molar refractivity (Wildman–Crippen MR) is 118 cm³/mol. The van der Waals surface area contributed by atoms with Crippen molar-refractivity contribution in [3.05, 3.63) is 39.7 Å². The Balaban J connectivity index is 2.35. The molecule has 27 heavy (non-hydrogen) atoms. The van der Waals surface area contributed by atoms with Gasteiger partial charge in [0.05, 0.1) is 10.7 Å². The first-order chi connectivity index (χ1) is 12.9. The zero-order valence-corrected chi connectivity index (χ0v) is 18.3. The van der Waals surface area contributed by atoms with Gasteiger partial charge in [-0.15, -0.1) is 0 Å². The van der Waals surface area contributed by atoms with E-state index in [-0.39, 0.29) is 0 Å². The minimum atomic E-state index is 0.447. The molecule has 4 nitrogen and oxygen atoms in total. The highest BCUT2D eigenvalue weighted by atomic mass is 35.5. The molecule has 2 rings (SSSR count). The smallest absolute Gasteiger partial charge is 0.132 e. The monoisotopic (exact) mass is 390 g/mol. The number of hydrogen-bond donors (Lipinski definition) is 3. The molecule has 1 aromatic carbocycles. The van der Waals surface area contributed by atoms with E-state index in [1.807, 2.05) is 13.1 Å². The van der Waals surface area contributed by atoms with Crippen LogP contribution in [0.3, 0.4) is 0 Å². The minimum Gasteiger partial charge on any atom is -0.375 e. The Hall–Kier alpha value is -1.68. The van der Waals surface area contributed by atoms with Gasteiger partial charge in [0.25, 0.3) is 0 Å². The highest BCUT2D eigenvalue weighted by molar-refractivity contribution is 6.34. The summed E-state index contributed by atoms with van der Waals surface area (Å²) in [6.07, 6.45) is 6.53. The molecular weight excluding hydrogens is 356 g/mol. The lowest BCUT2D eigenvalue weighted by molar-refractivity contribution is 0.467. The van der Waals surface area contributed by atoms with Gasteiger partial charge in [0.1, 0.15) is 11.7 Å². The minimum absolute atomic E-state index is 0.447. The molecule has 0 unspecified atom stereocenters. The summed E-state index contributed by atoms with van der Waals surface area (Å²) < 4.78 is 0. The van der Waals surface area contributed by atoms with Gasteiger partial charge in [-0.25, -0.2) is 0 Å². The lowest BCUT2D eigenvalue weighted by Crippen LogP contribution is -2.42. The van der Waals surface area contributed by atoms with Gasteiger partial charge in [-0.3, -0.25) is 5.41 Å². The van der Waals surface area contributed by atoms with Crippen molar-refractivity contribution in [1.29, 1.82) is 5.41 Å². The van der Waals surface area contributed by atoms with Crippen LogP contribution in [0.15, 0.2) is 23.5 Å². The SMILES string of the molecule is CCCC(CCC)N/C(NC)=C1\CCCN(c2c(C)cc(C)cc2Cl)C1=N. The van der Waals surface area contributed by atoms with Crippen molar-refractivity contribution in [2.24, 2.45) is 0 Å². The number of halogens is 1. The second-order valence-electron chi connectivity index (χ2n) is 7.54. The largest absolute Gasteiger partial charge is 0.375 e.